The molecule has 2 rings (SSSR count). The number of aromatic nitrogens is 1. The van der Waals surface area contributed by atoms with Crippen LogP contribution in [0.2, 0.25) is 0 Å². The van der Waals surface area contributed by atoms with Gasteiger partial charge >= 0.3 is 0 Å². The van der Waals surface area contributed by atoms with E-state index in [2.05, 4.69) is 29.8 Å². The minimum atomic E-state index is 1.20. The van der Waals surface area contributed by atoms with Crippen molar-refractivity contribution < 1.29 is 0 Å². The lowest BCUT2D eigenvalue weighted by molar-refractivity contribution is 1.47. The van der Waals surface area contributed by atoms with Crippen LogP contribution < -0.4 is 0 Å². The highest BCUT2D eigenvalue weighted by atomic mass is 32.1. The molecule has 1 N–H and O–H groups in total. The van der Waals surface area contributed by atoms with Crippen molar-refractivity contribution in [2.24, 2.45) is 0 Å². The van der Waals surface area contributed by atoms with Gasteiger partial charge in [-0.05, 0) is 19.1 Å². The molecule has 0 saturated carbocycles. The quantitative estimate of drug-likeness (QED) is 0.737. The zero-order chi connectivity index (χ0) is 9.26. The normalized spacial score (nSPS) is 11.5. The Kier molecular flexibility index (Phi) is 2.07. The Hall–Kier alpha value is -1.28. The average molecular weight is 189 g/mol. The second kappa shape index (κ2) is 3.23. The van der Waals surface area contributed by atoms with Crippen molar-refractivity contribution in [3.05, 3.63) is 35.4 Å². The Morgan fingerprint density at radius 1 is 1.54 bits per heavy atom. The molecule has 2 aromatic rings. The van der Waals surface area contributed by atoms with Gasteiger partial charge in [0.2, 0.25) is 0 Å². The van der Waals surface area contributed by atoms with Gasteiger partial charge in [0.15, 0.2) is 0 Å². The third-order valence-electron chi connectivity index (χ3n) is 1.99. The lowest BCUT2D eigenvalue weighted by Gasteiger charge is -1.89. The third kappa shape index (κ3) is 1.23. The standard InChI is InChI=1S/C11H11NS/c1-3-5-9-8(4-2)11-10(13-9)6-7-12-11/h3-7,12H,2H2,1H3/b5-3-. The second-order valence-electron chi connectivity index (χ2n) is 2.80. The molecule has 2 heteroatoms. The number of hydrogen-bond acceptors (Lipinski definition) is 1. The van der Waals surface area contributed by atoms with Gasteiger partial charge in [0.25, 0.3) is 0 Å². The number of aromatic amines is 1. The molecule has 0 fully saturated rings. The maximum Gasteiger partial charge on any atom is 0.0643 e. The minimum Gasteiger partial charge on any atom is -0.360 e. The second-order valence-corrected chi connectivity index (χ2v) is 3.88. The highest BCUT2D eigenvalue weighted by molar-refractivity contribution is 7.20. The number of hydrogen-bond donors (Lipinski definition) is 1. The zero-order valence-electron chi connectivity index (χ0n) is 7.50. The molecule has 0 aromatic carbocycles. The molecular formula is C11H11NS. The van der Waals surface area contributed by atoms with Gasteiger partial charge < -0.3 is 4.98 Å². The van der Waals surface area contributed by atoms with Crippen molar-refractivity contribution in [1.29, 1.82) is 0 Å². The summed E-state index contributed by atoms with van der Waals surface area (Å²) in [5, 5.41) is 0. The maximum atomic E-state index is 3.83. The van der Waals surface area contributed by atoms with Crippen LogP contribution in [0.3, 0.4) is 0 Å². The van der Waals surface area contributed by atoms with Crippen LogP contribution in [0.4, 0.5) is 0 Å². The van der Waals surface area contributed by atoms with Gasteiger partial charge in [0.05, 0.1) is 10.2 Å². The summed E-state index contributed by atoms with van der Waals surface area (Å²) in [4.78, 5) is 4.50. The van der Waals surface area contributed by atoms with E-state index < -0.39 is 0 Å². The lowest BCUT2D eigenvalue weighted by atomic mass is 10.2. The van der Waals surface area contributed by atoms with Crippen molar-refractivity contribution >= 4 is 33.7 Å². The summed E-state index contributed by atoms with van der Waals surface area (Å²) in [5.74, 6) is 0. The summed E-state index contributed by atoms with van der Waals surface area (Å²) in [7, 11) is 0. The van der Waals surface area contributed by atoms with Crippen molar-refractivity contribution in [3.63, 3.8) is 0 Å². The van der Waals surface area contributed by atoms with Crippen LogP contribution in [0.1, 0.15) is 17.4 Å². The Bertz CT molecular complexity index is 459. The summed E-state index contributed by atoms with van der Waals surface area (Å²) in [6.45, 7) is 5.86. The highest BCUT2D eigenvalue weighted by Crippen LogP contribution is 2.31. The van der Waals surface area contributed by atoms with E-state index in [1.54, 1.807) is 11.3 Å². The molecule has 0 aliphatic carbocycles. The molecule has 0 bridgehead atoms. The van der Waals surface area contributed by atoms with Gasteiger partial charge in [-0.1, -0.05) is 18.7 Å². The van der Waals surface area contributed by atoms with E-state index in [0.29, 0.717) is 0 Å². The van der Waals surface area contributed by atoms with Gasteiger partial charge in [0, 0.05) is 16.6 Å². The van der Waals surface area contributed by atoms with Crippen molar-refractivity contribution in [2.45, 2.75) is 6.92 Å². The molecule has 0 spiro atoms. The van der Waals surface area contributed by atoms with E-state index in [4.69, 9.17) is 0 Å². The highest BCUT2D eigenvalue weighted by Gasteiger charge is 2.06. The summed E-state index contributed by atoms with van der Waals surface area (Å²) in [6.07, 6.45) is 8.05. The Morgan fingerprint density at radius 3 is 3.08 bits per heavy atom. The van der Waals surface area contributed by atoms with Crippen LogP contribution in [0, 0.1) is 0 Å². The van der Waals surface area contributed by atoms with Crippen LogP contribution in [0.25, 0.3) is 22.4 Å². The van der Waals surface area contributed by atoms with Crippen LogP contribution in [-0.2, 0) is 0 Å². The first-order valence-electron chi connectivity index (χ1n) is 4.22. The van der Waals surface area contributed by atoms with Crippen LogP contribution >= 0.6 is 11.3 Å². The minimum absolute atomic E-state index is 1.20. The first kappa shape index (κ1) is 8.32. The van der Waals surface area contributed by atoms with Gasteiger partial charge in [-0.25, -0.2) is 0 Å². The fourth-order valence-corrected chi connectivity index (χ4v) is 2.57. The summed E-state index contributed by atoms with van der Waals surface area (Å²) < 4.78 is 1.29. The van der Waals surface area contributed by atoms with E-state index in [9.17, 15) is 0 Å². The Morgan fingerprint density at radius 2 is 2.38 bits per heavy atom. The van der Waals surface area contributed by atoms with Crippen LogP contribution in [-0.4, -0.2) is 4.98 Å². The third-order valence-corrected chi connectivity index (χ3v) is 3.12. The molecule has 0 atom stereocenters. The fourth-order valence-electron chi connectivity index (χ4n) is 1.43. The van der Waals surface area contributed by atoms with E-state index >= 15 is 0 Å². The van der Waals surface area contributed by atoms with Gasteiger partial charge in [-0.3, -0.25) is 0 Å². The number of thiophene rings is 1. The van der Waals surface area contributed by atoms with E-state index in [0.717, 1.165) is 0 Å². The molecule has 1 nitrogen and oxygen atoms in total. The number of H-pyrrole nitrogens is 1. The predicted molar refractivity (Wildman–Crippen MR) is 61.0 cm³/mol. The molecule has 0 radical (unpaired) electrons. The molecule has 0 unspecified atom stereocenters. The summed E-state index contributed by atoms with van der Waals surface area (Å²) in [6, 6.07) is 2.10. The van der Waals surface area contributed by atoms with Crippen molar-refractivity contribution in [1.82, 2.24) is 4.98 Å². The molecular weight excluding hydrogens is 178 g/mol. The largest absolute Gasteiger partial charge is 0.360 e. The molecule has 0 aliphatic rings. The zero-order valence-corrected chi connectivity index (χ0v) is 8.32. The molecule has 0 saturated heterocycles. The number of allylic oxidation sites excluding steroid dienone is 1. The monoisotopic (exact) mass is 189 g/mol. The topological polar surface area (TPSA) is 15.8 Å². The fraction of sp³-hybridized carbons (Fsp3) is 0.0909. The van der Waals surface area contributed by atoms with Crippen molar-refractivity contribution in [3.8, 4) is 0 Å². The van der Waals surface area contributed by atoms with Crippen LogP contribution in [0.15, 0.2) is 24.9 Å². The average Bonchev–Trinajstić information content (AvgIpc) is 2.64. The van der Waals surface area contributed by atoms with E-state index in [1.807, 2.05) is 19.2 Å². The number of fused-ring (bicyclic) bond motifs is 1. The molecule has 2 aromatic heterocycles. The first-order chi connectivity index (χ1) is 6.36. The Balaban J connectivity index is 2.74. The predicted octanol–water partition coefficient (Wildman–Crippen LogP) is 3.91. The van der Waals surface area contributed by atoms with Crippen molar-refractivity contribution in [2.75, 3.05) is 0 Å². The summed E-state index contributed by atoms with van der Waals surface area (Å²) >= 11 is 1.79. The smallest absolute Gasteiger partial charge is 0.0643 e. The summed E-state index contributed by atoms with van der Waals surface area (Å²) in [5.41, 5.74) is 2.41. The van der Waals surface area contributed by atoms with Gasteiger partial charge in [0.1, 0.15) is 0 Å². The maximum absolute atomic E-state index is 3.83. The molecule has 66 valence electrons. The first-order valence-corrected chi connectivity index (χ1v) is 5.03. The SMILES string of the molecule is C=Cc1c(/C=C\C)sc2cc[nH]c12. The Labute approximate surface area is 81.4 Å². The van der Waals surface area contributed by atoms with E-state index in [1.165, 1.54) is 20.7 Å². The van der Waals surface area contributed by atoms with Crippen LogP contribution in [0.5, 0.6) is 0 Å². The van der Waals surface area contributed by atoms with E-state index in [-0.39, 0.29) is 0 Å². The van der Waals surface area contributed by atoms with Gasteiger partial charge in [-0.2, -0.15) is 0 Å². The number of nitrogens with one attached hydrogen (secondary N) is 1. The lowest BCUT2D eigenvalue weighted by Crippen LogP contribution is -1.71. The molecule has 13 heavy (non-hydrogen) atoms. The van der Waals surface area contributed by atoms with Gasteiger partial charge in [-0.15, -0.1) is 11.3 Å². The molecule has 0 aliphatic heterocycles. The molecule has 2 heterocycles. The molecule has 0 amide bonds. The number of rotatable bonds is 2.